The van der Waals surface area contributed by atoms with Crippen molar-refractivity contribution < 1.29 is 8.78 Å². The van der Waals surface area contributed by atoms with Crippen molar-refractivity contribution >= 4 is 15.9 Å². The Balaban J connectivity index is 2.67. The lowest BCUT2D eigenvalue weighted by molar-refractivity contribution is 0.504. The summed E-state index contributed by atoms with van der Waals surface area (Å²) in [5.41, 5.74) is 1.21. The zero-order valence-electron chi connectivity index (χ0n) is 10.4. The maximum absolute atomic E-state index is 13.5. The molecule has 0 radical (unpaired) electrons. The molecule has 1 aromatic heterocycles. The first-order valence-corrected chi connectivity index (χ1v) is 6.48. The minimum absolute atomic E-state index is 0.0562. The predicted molar refractivity (Wildman–Crippen MR) is 72.0 cm³/mol. The van der Waals surface area contributed by atoms with Crippen LogP contribution in [-0.2, 0) is 6.42 Å². The number of H-pyrrole nitrogens is 1. The summed E-state index contributed by atoms with van der Waals surface area (Å²) in [7, 11) is 0. The van der Waals surface area contributed by atoms with Crippen LogP contribution in [0.5, 0.6) is 0 Å². The van der Waals surface area contributed by atoms with Gasteiger partial charge in [-0.3, -0.25) is 4.79 Å². The van der Waals surface area contributed by atoms with Crippen molar-refractivity contribution in [3.05, 3.63) is 49.9 Å². The number of halogens is 3. The first-order chi connectivity index (χ1) is 8.95. The zero-order valence-corrected chi connectivity index (χ0v) is 11.9. The lowest BCUT2D eigenvalue weighted by Gasteiger charge is -2.08. The van der Waals surface area contributed by atoms with E-state index < -0.39 is 11.6 Å². The van der Waals surface area contributed by atoms with Gasteiger partial charge in [0.2, 0.25) is 0 Å². The summed E-state index contributed by atoms with van der Waals surface area (Å²) in [6, 6.07) is 2.37. The lowest BCUT2D eigenvalue weighted by atomic mass is 10.1. The second-order valence-electron chi connectivity index (χ2n) is 4.05. The Morgan fingerprint density at radius 1 is 1.37 bits per heavy atom. The van der Waals surface area contributed by atoms with Crippen LogP contribution in [0.2, 0.25) is 0 Å². The number of nitrogens with zero attached hydrogens (tertiary/aromatic N) is 1. The average Bonchev–Trinajstić information content (AvgIpc) is 2.35. The molecule has 0 aliphatic carbocycles. The van der Waals surface area contributed by atoms with E-state index in [1.54, 1.807) is 6.92 Å². The summed E-state index contributed by atoms with van der Waals surface area (Å²) in [4.78, 5) is 18.7. The molecule has 3 nitrogen and oxygen atoms in total. The van der Waals surface area contributed by atoms with Gasteiger partial charge in [0.15, 0.2) is 11.6 Å². The molecule has 0 amide bonds. The Hall–Kier alpha value is -1.56. The van der Waals surface area contributed by atoms with E-state index in [-0.39, 0.29) is 15.9 Å². The Labute approximate surface area is 116 Å². The number of aromatic amines is 1. The van der Waals surface area contributed by atoms with Gasteiger partial charge in [-0.15, -0.1) is 0 Å². The topological polar surface area (TPSA) is 45.8 Å². The largest absolute Gasteiger partial charge is 0.306 e. The monoisotopic (exact) mass is 328 g/mol. The molecule has 100 valence electrons. The normalized spacial score (nSPS) is 10.8. The molecular weight excluding hydrogens is 318 g/mol. The first kappa shape index (κ1) is 13.9. The van der Waals surface area contributed by atoms with Crippen molar-refractivity contribution in [3.8, 4) is 11.4 Å². The fourth-order valence-electron chi connectivity index (χ4n) is 1.86. The lowest BCUT2D eigenvalue weighted by Crippen LogP contribution is -2.17. The van der Waals surface area contributed by atoms with Crippen LogP contribution in [0.4, 0.5) is 8.78 Å². The van der Waals surface area contributed by atoms with Gasteiger partial charge in [0, 0.05) is 16.8 Å². The summed E-state index contributed by atoms with van der Waals surface area (Å²) < 4.78 is 26.5. The van der Waals surface area contributed by atoms with Crippen molar-refractivity contribution in [2.24, 2.45) is 0 Å². The van der Waals surface area contributed by atoms with Crippen molar-refractivity contribution in [2.75, 3.05) is 0 Å². The second kappa shape index (κ2) is 5.21. The molecule has 6 heteroatoms. The minimum atomic E-state index is -1.00. The highest BCUT2D eigenvalue weighted by Crippen LogP contribution is 2.29. The molecule has 1 N–H and O–H groups in total. The number of hydrogen-bond donors (Lipinski definition) is 1. The van der Waals surface area contributed by atoms with Crippen molar-refractivity contribution in [2.45, 2.75) is 20.3 Å². The molecule has 2 rings (SSSR count). The molecule has 0 unspecified atom stereocenters. The molecule has 0 atom stereocenters. The van der Waals surface area contributed by atoms with Gasteiger partial charge in [-0.05, 0) is 41.4 Å². The highest BCUT2D eigenvalue weighted by atomic mass is 79.9. The summed E-state index contributed by atoms with van der Waals surface area (Å²) >= 11 is 2.98. The second-order valence-corrected chi connectivity index (χ2v) is 4.85. The van der Waals surface area contributed by atoms with Crippen LogP contribution >= 0.6 is 15.9 Å². The zero-order chi connectivity index (χ0) is 14.2. The fraction of sp³-hybridized carbons (Fsp3) is 0.231. The average molecular weight is 329 g/mol. The highest BCUT2D eigenvalue weighted by Gasteiger charge is 2.15. The highest BCUT2D eigenvalue weighted by molar-refractivity contribution is 9.10. The van der Waals surface area contributed by atoms with Crippen LogP contribution in [0.3, 0.4) is 0 Å². The molecule has 19 heavy (non-hydrogen) atoms. The number of hydrogen-bond acceptors (Lipinski definition) is 2. The Kier molecular flexibility index (Phi) is 3.80. The molecule has 2 aromatic rings. The van der Waals surface area contributed by atoms with Gasteiger partial charge in [-0.2, -0.15) is 0 Å². The maximum Gasteiger partial charge on any atom is 0.254 e. The van der Waals surface area contributed by atoms with Crippen molar-refractivity contribution in [1.82, 2.24) is 9.97 Å². The van der Waals surface area contributed by atoms with Crippen LogP contribution in [0.15, 0.2) is 21.4 Å². The van der Waals surface area contributed by atoms with Crippen molar-refractivity contribution in [3.63, 3.8) is 0 Å². The van der Waals surface area contributed by atoms with E-state index in [1.165, 1.54) is 6.07 Å². The molecule has 0 saturated heterocycles. The number of rotatable bonds is 2. The number of nitrogens with one attached hydrogen (secondary N) is 1. The summed E-state index contributed by atoms with van der Waals surface area (Å²) in [5, 5.41) is 0. The number of aromatic nitrogens is 2. The third kappa shape index (κ3) is 2.45. The Morgan fingerprint density at radius 2 is 2.05 bits per heavy atom. The standard InChI is InChI=1S/C13H11BrF2N2O/c1-3-7-6(2)17-12(18-13(7)19)8-4-5-9(15)11(16)10(8)14/h4-5H,3H2,1-2H3,(H,17,18,19). The van der Waals surface area contributed by atoms with Crippen LogP contribution in [-0.4, -0.2) is 9.97 Å². The molecule has 1 aromatic carbocycles. The van der Waals surface area contributed by atoms with Gasteiger partial charge < -0.3 is 4.98 Å². The smallest absolute Gasteiger partial charge is 0.254 e. The quantitative estimate of drug-likeness (QED) is 0.859. The van der Waals surface area contributed by atoms with Crippen LogP contribution < -0.4 is 5.56 Å². The van der Waals surface area contributed by atoms with Crippen LogP contribution in [0, 0.1) is 18.6 Å². The van der Waals surface area contributed by atoms with E-state index in [4.69, 9.17) is 0 Å². The van der Waals surface area contributed by atoms with E-state index in [0.717, 1.165) is 6.07 Å². The summed E-state index contributed by atoms with van der Waals surface area (Å²) in [5.74, 6) is -1.75. The molecule has 0 aliphatic heterocycles. The Morgan fingerprint density at radius 3 is 2.63 bits per heavy atom. The van der Waals surface area contributed by atoms with Crippen molar-refractivity contribution in [1.29, 1.82) is 0 Å². The van der Waals surface area contributed by atoms with E-state index in [2.05, 4.69) is 25.9 Å². The molecular formula is C13H11BrF2N2O. The maximum atomic E-state index is 13.5. The van der Waals surface area contributed by atoms with Crippen LogP contribution in [0.1, 0.15) is 18.2 Å². The first-order valence-electron chi connectivity index (χ1n) is 5.69. The summed E-state index contributed by atoms with van der Waals surface area (Å²) in [6.45, 7) is 3.57. The van der Waals surface area contributed by atoms with Gasteiger partial charge >= 0.3 is 0 Å². The van der Waals surface area contributed by atoms with E-state index in [0.29, 0.717) is 23.2 Å². The minimum Gasteiger partial charge on any atom is -0.306 e. The fourth-order valence-corrected chi connectivity index (χ4v) is 2.37. The van der Waals surface area contributed by atoms with Crippen LogP contribution in [0.25, 0.3) is 11.4 Å². The molecule has 0 aliphatic rings. The molecule has 0 bridgehead atoms. The number of aryl methyl sites for hydroxylation is 1. The Bertz CT molecular complexity index is 698. The van der Waals surface area contributed by atoms with E-state index >= 15 is 0 Å². The predicted octanol–water partition coefficient (Wildman–Crippen LogP) is 3.35. The summed E-state index contributed by atoms with van der Waals surface area (Å²) in [6.07, 6.45) is 0.563. The molecule has 1 heterocycles. The third-order valence-electron chi connectivity index (χ3n) is 2.87. The van der Waals surface area contributed by atoms with Gasteiger partial charge in [0.05, 0.1) is 4.47 Å². The number of benzene rings is 1. The van der Waals surface area contributed by atoms with Gasteiger partial charge in [-0.25, -0.2) is 13.8 Å². The van der Waals surface area contributed by atoms with Gasteiger partial charge in [-0.1, -0.05) is 6.92 Å². The van der Waals surface area contributed by atoms with E-state index in [1.807, 2.05) is 6.92 Å². The van der Waals surface area contributed by atoms with E-state index in [9.17, 15) is 13.6 Å². The SMILES string of the molecule is CCc1c(C)nc(-c2ccc(F)c(F)c2Br)[nH]c1=O. The molecule has 0 saturated carbocycles. The van der Waals surface area contributed by atoms with Gasteiger partial charge in [0.25, 0.3) is 5.56 Å². The molecule has 0 spiro atoms. The third-order valence-corrected chi connectivity index (χ3v) is 3.64. The van der Waals surface area contributed by atoms with Gasteiger partial charge in [0.1, 0.15) is 5.82 Å². The molecule has 0 fully saturated rings.